The van der Waals surface area contributed by atoms with Gasteiger partial charge in [0.05, 0.1) is 18.6 Å². The van der Waals surface area contributed by atoms with Crippen LogP contribution in [0.2, 0.25) is 5.02 Å². The molecule has 0 heterocycles. The minimum atomic E-state index is -0.290. The molecule has 0 aliphatic heterocycles. The number of ether oxygens (including phenoxy) is 2. The first-order valence-electron chi connectivity index (χ1n) is 11.0. The zero-order valence-corrected chi connectivity index (χ0v) is 22.9. The Morgan fingerprint density at radius 3 is 2.42 bits per heavy atom. The van der Waals surface area contributed by atoms with Crippen molar-refractivity contribution < 1.29 is 19.1 Å². The molecule has 7 nitrogen and oxygen atoms in total. The van der Waals surface area contributed by atoms with E-state index in [1.54, 1.807) is 24.3 Å². The van der Waals surface area contributed by atoms with E-state index in [0.29, 0.717) is 38.9 Å². The second kappa shape index (κ2) is 13.9. The molecule has 0 radical (unpaired) electrons. The number of carbonyl (C=O) groups excluding carboxylic acids is 2. The first-order chi connectivity index (χ1) is 17.3. The number of nitrogens with zero attached hydrogens (tertiary/aromatic N) is 1. The van der Waals surface area contributed by atoms with Crippen LogP contribution in [0, 0.1) is 6.92 Å². The Kier molecular flexibility index (Phi) is 10.7. The van der Waals surface area contributed by atoms with Crippen LogP contribution in [0.1, 0.15) is 18.1 Å². The number of carbonyl (C=O) groups is 2. The van der Waals surface area contributed by atoms with Gasteiger partial charge in [0, 0.05) is 25.6 Å². The van der Waals surface area contributed by atoms with Gasteiger partial charge < -0.3 is 14.8 Å². The molecule has 2 amide bonds. The quantitative estimate of drug-likeness (QED) is 0.161. The zero-order chi connectivity index (χ0) is 25.9. The SMILES string of the molecule is CCOc1cc(/C=N\NC(=O)CSc2ccc(Cl)cc2)c(Br)cc1OCC(=O)Nc1ccc(C)cc1. The summed E-state index contributed by atoms with van der Waals surface area (Å²) in [5.41, 5.74) is 4.98. The number of thioether (sulfide) groups is 1. The Morgan fingerprint density at radius 2 is 1.72 bits per heavy atom. The summed E-state index contributed by atoms with van der Waals surface area (Å²) in [6, 6.07) is 18.2. The molecule has 0 unspecified atom stereocenters. The van der Waals surface area contributed by atoms with E-state index in [4.69, 9.17) is 21.1 Å². The van der Waals surface area contributed by atoms with Crippen molar-refractivity contribution in [1.82, 2.24) is 5.43 Å². The van der Waals surface area contributed by atoms with Gasteiger partial charge in [0.1, 0.15) is 0 Å². The molecule has 0 atom stereocenters. The van der Waals surface area contributed by atoms with Crippen LogP contribution < -0.4 is 20.2 Å². The lowest BCUT2D eigenvalue weighted by Gasteiger charge is -2.14. The first kappa shape index (κ1) is 27.6. The summed E-state index contributed by atoms with van der Waals surface area (Å²) in [6.45, 7) is 4.05. The Balaban J connectivity index is 1.56. The summed E-state index contributed by atoms with van der Waals surface area (Å²) < 4.78 is 12.1. The number of aryl methyl sites for hydroxylation is 1. The number of benzene rings is 3. The van der Waals surface area contributed by atoms with E-state index in [2.05, 4.69) is 31.8 Å². The zero-order valence-electron chi connectivity index (χ0n) is 19.7. The topological polar surface area (TPSA) is 89.0 Å². The summed E-state index contributed by atoms with van der Waals surface area (Å²) in [5.74, 6) is 0.536. The number of amides is 2. The van der Waals surface area contributed by atoms with E-state index >= 15 is 0 Å². The molecule has 3 aromatic carbocycles. The highest BCUT2D eigenvalue weighted by molar-refractivity contribution is 9.10. The standard InChI is InChI=1S/C26H25BrClN3O4S/c1-3-34-23-12-18(14-29-31-26(33)16-36-21-10-6-19(28)7-11-21)22(27)13-24(23)35-15-25(32)30-20-8-4-17(2)5-9-20/h4-14H,3,15-16H2,1-2H3,(H,30,32)(H,31,33)/b29-14-. The fourth-order valence-electron chi connectivity index (χ4n) is 2.89. The maximum absolute atomic E-state index is 12.3. The molecule has 0 bridgehead atoms. The molecule has 0 aliphatic carbocycles. The number of hydrogen-bond acceptors (Lipinski definition) is 6. The third-order valence-electron chi connectivity index (χ3n) is 4.63. The van der Waals surface area contributed by atoms with Gasteiger partial charge in [0.25, 0.3) is 5.91 Å². The fourth-order valence-corrected chi connectivity index (χ4v) is 4.14. The van der Waals surface area contributed by atoms with Crippen LogP contribution in [0.25, 0.3) is 0 Å². The molecule has 0 aromatic heterocycles. The lowest BCUT2D eigenvalue weighted by molar-refractivity contribution is -0.119. The van der Waals surface area contributed by atoms with E-state index in [-0.39, 0.29) is 24.2 Å². The molecule has 0 fully saturated rings. The molecular formula is C26H25BrClN3O4S. The summed E-state index contributed by atoms with van der Waals surface area (Å²) in [6.07, 6.45) is 1.51. The number of rotatable bonds is 11. The Morgan fingerprint density at radius 1 is 1.03 bits per heavy atom. The fraction of sp³-hybridized carbons (Fsp3) is 0.192. The number of hydrazone groups is 1. The molecule has 2 N–H and O–H groups in total. The van der Waals surface area contributed by atoms with Crippen LogP contribution >= 0.6 is 39.3 Å². The second-order valence-electron chi connectivity index (χ2n) is 7.49. The summed E-state index contributed by atoms with van der Waals surface area (Å²) in [7, 11) is 0. The monoisotopic (exact) mass is 589 g/mol. The molecule has 10 heteroatoms. The van der Waals surface area contributed by atoms with Crippen molar-refractivity contribution in [2.75, 3.05) is 24.3 Å². The molecular weight excluding hydrogens is 566 g/mol. The largest absolute Gasteiger partial charge is 0.490 e. The number of nitrogens with one attached hydrogen (secondary N) is 2. The first-order valence-corrected chi connectivity index (χ1v) is 13.2. The third kappa shape index (κ3) is 8.89. The van der Waals surface area contributed by atoms with Gasteiger partial charge in [-0.05, 0) is 78.3 Å². The molecule has 0 saturated heterocycles. The van der Waals surface area contributed by atoms with Crippen LogP contribution in [0.5, 0.6) is 11.5 Å². The highest BCUT2D eigenvalue weighted by Gasteiger charge is 2.12. The van der Waals surface area contributed by atoms with Crippen LogP contribution in [0.4, 0.5) is 5.69 Å². The Bertz CT molecular complexity index is 1220. The van der Waals surface area contributed by atoms with Crippen molar-refractivity contribution in [2.45, 2.75) is 18.7 Å². The number of halogens is 2. The van der Waals surface area contributed by atoms with Crippen molar-refractivity contribution in [3.8, 4) is 11.5 Å². The minimum Gasteiger partial charge on any atom is -0.490 e. The van der Waals surface area contributed by atoms with E-state index in [0.717, 1.165) is 10.5 Å². The van der Waals surface area contributed by atoms with Crippen molar-refractivity contribution in [3.63, 3.8) is 0 Å². The number of anilines is 1. The highest BCUT2D eigenvalue weighted by Crippen LogP contribution is 2.33. The molecule has 3 aromatic rings. The van der Waals surface area contributed by atoms with Gasteiger partial charge in [-0.2, -0.15) is 5.10 Å². The van der Waals surface area contributed by atoms with Crippen molar-refractivity contribution in [1.29, 1.82) is 0 Å². The average molecular weight is 591 g/mol. The summed E-state index contributed by atoms with van der Waals surface area (Å²) >= 11 is 10.7. The lowest BCUT2D eigenvalue weighted by Crippen LogP contribution is -2.20. The molecule has 0 aliphatic rings. The van der Waals surface area contributed by atoms with Crippen LogP contribution in [0.15, 0.2) is 75.1 Å². The molecule has 3 rings (SSSR count). The lowest BCUT2D eigenvalue weighted by atomic mass is 10.2. The minimum absolute atomic E-state index is 0.185. The molecule has 0 saturated carbocycles. The predicted octanol–water partition coefficient (Wildman–Crippen LogP) is 6.07. The van der Waals surface area contributed by atoms with Gasteiger partial charge in [0.2, 0.25) is 5.91 Å². The predicted molar refractivity (Wildman–Crippen MR) is 149 cm³/mol. The summed E-state index contributed by atoms with van der Waals surface area (Å²) in [5, 5.41) is 7.48. The van der Waals surface area contributed by atoms with E-state index in [9.17, 15) is 9.59 Å². The number of hydrogen-bond donors (Lipinski definition) is 2. The normalized spacial score (nSPS) is 10.8. The van der Waals surface area contributed by atoms with Crippen LogP contribution in [-0.4, -0.2) is 37.0 Å². The van der Waals surface area contributed by atoms with Crippen LogP contribution in [0.3, 0.4) is 0 Å². The van der Waals surface area contributed by atoms with Gasteiger partial charge in [-0.3, -0.25) is 9.59 Å². The van der Waals surface area contributed by atoms with Crippen LogP contribution in [-0.2, 0) is 9.59 Å². The average Bonchev–Trinajstić information content (AvgIpc) is 2.86. The van der Waals surface area contributed by atoms with Crippen molar-refractivity contribution in [3.05, 3.63) is 81.3 Å². The van der Waals surface area contributed by atoms with Gasteiger partial charge >= 0.3 is 0 Å². The van der Waals surface area contributed by atoms with E-state index in [1.807, 2.05) is 50.2 Å². The third-order valence-corrected chi connectivity index (χ3v) is 6.58. The van der Waals surface area contributed by atoms with Gasteiger partial charge in [-0.25, -0.2) is 5.43 Å². The van der Waals surface area contributed by atoms with E-state index in [1.165, 1.54) is 18.0 Å². The Labute approximate surface area is 227 Å². The van der Waals surface area contributed by atoms with E-state index < -0.39 is 0 Å². The van der Waals surface area contributed by atoms with Gasteiger partial charge in [-0.1, -0.05) is 29.3 Å². The maximum atomic E-state index is 12.3. The van der Waals surface area contributed by atoms with Gasteiger partial charge in [0.15, 0.2) is 18.1 Å². The molecule has 0 spiro atoms. The van der Waals surface area contributed by atoms with Crippen molar-refractivity contribution in [2.24, 2.45) is 5.10 Å². The highest BCUT2D eigenvalue weighted by atomic mass is 79.9. The smallest absolute Gasteiger partial charge is 0.262 e. The van der Waals surface area contributed by atoms with Gasteiger partial charge in [-0.15, -0.1) is 11.8 Å². The Hall–Kier alpha value is -3.01. The molecule has 188 valence electrons. The second-order valence-corrected chi connectivity index (χ2v) is 9.83. The summed E-state index contributed by atoms with van der Waals surface area (Å²) in [4.78, 5) is 25.3. The maximum Gasteiger partial charge on any atom is 0.262 e. The molecule has 36 heavy (non-hydrogen) atoms. The van der Waals surface area contributed by atoms with Crippen molar-refractivity contribution >= 4 is 63.0 Å².